The minimum Gasteiger partial charge on any atom is -0.357 e. The lowest BCUT2D eigenvalue weighted by atomic mass is 9.98. The van der Waals surface area contributed by atoms with E-state index in [9.17, 15) is 9.59 Å². The average molecular weight is 358 g/mol. The molecule has 1 aromatic carbocycles. The van der Waals surface area contributed by atoms with Gasteiger partial charge in [-0.15, -0.1) is 0 Å². The van der Waals surface area contributed by atoms with Crippen molar-refractivity contribution >= 4 is 22.7 Å². The number of unbranched alkanes of at least 4 members (excludes halogenated alkanes) is 1. The number of rotatable bonds is 7. The highest BCUT2D eigenvalue weighted by atomic mass is 16.5. The number of benzene rings is 1. The summed E-state index contributed by atoms with van der Waals surface area (Å²) in [4.78, 5) is 28.8. The van der Waals surface area contributed by atoms with Crippen LogP contribution in [0.5, 0.6) is 0 Å². The number of H-pyrrole nitrogens is 1. The lowest BCUT2D eigenvalue weighted by Gasteiger charge is -2.32. The zero-order valence-corrected chi connectivity index (χ0v) is 15.0. The summed E-state index contributed by atoms with van der Waals surface area (Å²) >= 11 is 0. The molecule has 0 bridgehead atoms. The van der Waals surface area contributed by atoms with E-state index < -0.39 is 5.91 Å². The van der Waals surface area contributed by atoms with Gasteiger partial charge in [-0.3, -0.25) is 19.7 Å². The molecule has 2 heterocycles. The Morgan fingerprint density at radius 1 is 1.27 bits per heavy atom. The molecule has 1 unspecified atom stereocenters. The summed E-state index contributed by atoms with van der Waals surface area (Å²) < 4.78 is 0. The van der Waals surface area contributed by atoms with Crippen molar-refractivity contribution in [3.63, 3.8) is 0 Å². The zero-order valence-electron chi connectivity index (χ0n) is 15.0. The van der Waals surface area contributed by atoms with Gasteiger partial charge >= 0.3 is 0 Å². The van der Waals surface area contributed by atoms with Gasteiger partial charge in [0, 0.05) is 42.1 Å². The highest BCUT2D eigenvalue weighted by molar-refractivity contribution is 5.85. The van der Waals surface area contributed by atoms with E-state index in [1.54, 1.807) is 5.48 Å². The first-order valence-electron chi connectivity index (χ1n) is 9.13. The van der Waals surface area contributed by atoms with Crippen LogP contribution in [-0.2, 0) is 16.0 Å². The number of nitrogens with one attached hydrogen (secondary N) is 3. The van der Waals surface area contributed by atoms with Gasteiger partial charge in [0.15, 0.2) is 0 Å². The van der Waals surface area contributed by atoms with E-state index in [1.165, 1.54) is 16.6 Å². The van der Waals surface area contributed by atoms with Crippen molar-refractivity contribution in [2.45, 2.75) is 38.6 Å². The molecule has 1 aromatic heterocycles. The number of fused-ring (bicyclic) bond motifs is 3. The second-order valence-corrected chi connectivity index (χ2v) is 6.80. The van der Waals surface area contributed by atoms with Gasteiger partial charge in [-0.2, -0.15) is 0 Å². The summed E-state index contributed by atoms with van der Waals surface area (Å²) in [5, 5.41) is 12.6. The molecule has 2 aromatic rings. The number of hydrogen-bond donors (Lipinski definition) is 4. The lowest BCUT2D eigenvalue weighted by Crippen LogP contribution is -2.42. The van der Waals surface area contributed by atoms with Crippen LogP contribution in [0.1, 0.15) is 43.5 Å². The Kier molecular flexibility index (Phi) is 5.90. The van der Waals surface area contributed by atoms with Crippen molar-refractivity contribution in [3.05, 3.63) is 35.5 Å². The Morgan fingerprint density at radius 2 is 2.08 bits per heavy atom. The van der Waals surface area contributed by atoms with Gasteiger partial charge in [0.1, 0.15) is 0 Å². The fraction of sp³-hybridized carbons (Fsp3) is 0.474. The van der Waals surface area contributed by atoms with E-state index in [-0.39, 0.29) is 18.4 Å². The van der Waals surface area contributed by atoms with Crippen LogP contribution in [0.15, 0.2) is 24.3 Å². The molecule has 140 valence electrons. The molecule has 4 N–H and O–H groups in total. The fourth-order valence-electron chi connectivity index (χ4n) is 3.63. The molecule has 1 aliphatic rings. The maximum atomic E-state index is 12.2. The Balaban J connectivity index is 1.50. The normalized spacial score (nSPS) is 17.1. The Hall–Kier alpha value is -2.38. The van der Waals surface area contributed by atoms with Crippen LogP contribution in [0.4, 0.5) is 0 Å². The summed E-state index contributed by atoms with van der Waals surface area (Å²) in [5.74, 6) is -0.393. The number of carbonyl (C=O) groups is 2. The number of para-hydroxylation sites is 1. The van der Waals surface area contributed by atoms with Crippen molar-refractivity contribution < 1.29 is 14.8 Å². The van der Waals surface area contributed by atoms with E-state index in [0.717, 1.165) is 18.5 Å². The number of carbonyl (C=O) groups excluding carboxylic acids is 2. The maximum absolute atomic E-state index is 12.2. The monoisotopic (exact) mass is 358 g/mol. The summed E-state index contributed by atoms with van der Waals surface area (Å²) in [7, 11) is 0. The van der Waals surface area contributed by atoms with Crippen molar-refractivity contribution in [2.75, 3.05) is 19.6 Å². The van der Waals surface area contributed by atoms with Gasteiger partial charge in [-0.25, -0.2) is 5.48 Å². The SMILES string of the molecule is CC1c2[nH]c3ccccc3c2CCN1CC(=O)NCCCCC(=O)NO. The van der Waals surface area contributed by atoms with Crippen LogP contribution in [0.25, 0.3) is 10.9 Å². The zero-order chi connectivity index (χ0) is 18.5. The van der Waals surface area contributed by atoms with E-state index in [0.29, 0.717) is 25.9 Å². The molecule has 0 radical (unpaired) electrons. The van der Waals surface area contributed by atoms with E-state index in [4.69, 9.17) is 5.21 Å². The quantitative estimate of drug-likeness (QED) is 0.345. The van der Waals surface area contributed by atoms with Gasteiger partial charge in [-0.1, -0.05) is 18.2 Å². The minimum absolute atomic E-state index is 0.00280. The summed E-state index contributed by atoms with van der Waals surface area (Å²) in [6, 6.07) is 8.51. The third-order valence-corrected chi connectivity index (χ3v) is 5.09. The van der Waals surface area contributed by atoms with Crippen molar-refractivity contribution in [3.8, 4) is 0 Å². The molecule has 0 aliphatic carbocycles. The highest BCUT2D eigenvalue weighted by Crippen LogP contribution is 2.33. The number of amides is 2. The van der Waals surface area contributed by atoms with Crippen LogP contribution in [0.2, 0.25) is 0 Å². The first kappa shape index (κ1) is 18.4. The molecule has 0 fully saturated rings. The summed E-state index contributed by atoms with van der Waals surface area (Å²) in [5.41, 5.74) is 5.34. The van der Waals surface area contributed by atoms with E-state index >= 15 is 0 Å². The van der Waals surface area contributed by atoms with Crippen molar-refractivity contribution in [2.24, 2.45) is 0 Å². The maximum Gasteiger partial charge on any atom is 0.243 e. The smallest absolute Gasteiger partial charge is 0.243 e. The molecule has 7 heteroatoms. The number of hydroxylamine groups is 1. The predicted octanol–water partition coefficient (Wildman–Crippen LogP) is 1.88. The van der Waals surface area contributed by atoms with Crippen molar-refractivity contribution in [1.29, 1.82) is 0 Å². The summed E-state index contributed by atoms with van der Waals surface area (Å²) in [6.07, 6.45) is 2.54. The molecule has 0 saturated carbocycles. The van der Waals surface area contributed by atoms with Crippen LogP contribution in [0.3, 0.4) is 0 Å². The second-order valence-electron chi connectivity index (χ2n) is 6.80. The first-order valence-corrected chi connectivity index (χ1v) is 9.13. The molecule has 2 amide bonds. The molecule has 7 nitrogen and oxygen atoms in total. The molecule has 1 atom stereocenters. The van der Waals surface area contributed by atoms with Crippen LogP contribution >= 0.6 is 0 Å². The minimum atomic E-state index is -0.396. The standard InChI is InChI=1S/C19H26N4O3/c1-13-19-15(14-6-2-3-7-16(14)21-19)9-11-23(13)12-18(25)20-10-5-4-8-17(24)22-26/h2-3,6-7,13,21,26H,4-5,8-12H2,1H3,(H,20,25)(H,22,24). The lowest BCUT2D eigenvalue weighted by molar-refractivity contribution is -0.129. The third-order valence-electron chi connectivity index (χ3n) is 5.09. The van der Waals surface area contributed by atoms with Crippen LogP contribution in [-0.4, -0.2) is 46.5 Å². The molecule has 1 aliphatic heterocycles. The van der Waals surface area contributed by atoms with E-state index in [2.05, 4.69) is 40.3 Å². The Bertz CT molecular complexity index is 786. The van der Waals surface area contributed by atoms with Gasteiger partial charge in [-0.05, 0) is 37.8 Å². The van der Waals surface area contributed by atoms with Gasteiger partial charge in [0.05, 0.1) is 6.54 Å². The topological polar surface area (TPSA) is 97.5 Å². The molecule has 3 rings (SSSR count). The highest BCUT2D eigenvalue weighted by Gasteiger charge is 2.28. The number of hydrogen-bond acceptors (Lipinski definition) is 4. The molecule has 0 spiro atoms. The van der Waals surface area contributed by atoms with Crippen LogP contribution < -0.4 is 10.8 Å². The average Bonchev–Trinajstić information content (AvgIpc) is 3.03. The number of nitrogens with zero attached hydrogens (tertiary/aromatic N) is 1. The Labute approximate surface area is 152 Å². The van der Waals surface area contributed by atoms with Gasteiger partial charge in [0.2, 0.25) is 11.8 Å². The van der Waals surface area contributed by atoms with Gasteiger partial charge in [0.25, 0.3) is 0 Å². The third kappa shape index (κ3) is 4.05. The molecular formula is C19H26N4O3. The van der Waals surface area contributed by atoms with E-state index in [1.807, 2.05) is 6.07 Å². The number of aromatic nitrogens is 1. The molecule has 26 heavy (non-hydrogen) atoms. The van der Waals surface area contributed by atoms with Crippen LogP contribution in [0, 0.1) is 0 Å². The first-order chi connectivity index (χ1) is 12.6. The Morgan fingerprint density at radius 3 is 2.88 bits per heavy atom. The number of aromatic amines is 1. The van der Waals surface area contributed by atoms with Gasteiger partial charge < -0.3 is 10.3 Å². The molecule has 0 saturated heterocycles. The molecular weight excluding hydrogens is 332 g/mol. The van der Waals surface area contributed by atoms with Crippen molar-refractivity contribution in [1.82, 2.24) is 20.7 Å². The summed E-state index contributed by atoms with van der Waals surface area (Å²) in [6.45, 7) is 3.90. The fourth-order valence-corrected chi connectivity index (χ4v) is 3.63. The largest absolute Gasteiger partial charge is 0.357 e. The predicted molar refractivity (Wildman–Crippen MR) is 98.8 cm³/mol. The second kappa shape index (κ2) is 8.33.